The zero-order valence-corrected chi connectivity index (χ0v) is 25.6. The molecule has 0 aromatic heterocycles. The Bertz CT molecular complexity index is 1500. The number of aliphatic hydroxyl groups is 2. The van der Waals surface area contributed by atoms with Gasteiger partial charge in [0.2, 0.25) is 5.91 Å². The van der Waals surface area contributed by atoms with Crippen LogP contribution in [0.2, 0.25) is 0 Å². The average molecular weight is 622 g/mol. The number of hydrogen-bond donors (Lipinski definition) is 6. The number of para-hydroxylation sites is 1. The van der Waals surface area contributed by atoms with Gasteiger partial charge in [-0.05, 0) is 67.6 Å². The van der Waals surface area contributed by atoms with Crippen LogP contribution in [0, 0.1) is 5.82 Å². The van der Waals surface area contributed by atoms with Gasteiger partial charge in [0, 0.05) is 30.4 Å². The predicted octanol–water partition coefficient (Wildman–Crippen LogP) is 3.54. The minimum Gasteiger partial charge on any atom is -0.448 e. The maximum Gasteiger partial charge on any atom is 0.407 e. The van der Waals surface area contributed by atoms with E-state index in [2.05, 4.69) is 21.3 Å². The number of amides is 4. The molecule has 0 fully saturated rings. The lowest BCUT2D eigenvalue weighted by Gasteiger charge is -2.28. The SMILES string of the molecule is CNC(=O)Nc1ccccc1-c1ccc(CN2C(=O)[C@H](NC(=O)OCC(C)(C)NC[C@H](O)CO)CCc3cc(F)ccc32)cc1. The summed E-state index contributed by atoms with van der Waals surface area (Å²) in [6.07, 6.45) is -1.12. The molecular formula is C33H40FN5O6. The van der Waals surface area contributed by atoms with Crippen molar-refractivity contribution in [3.63, 3.8) is 0 Å². The van der Waals surface area contributed by atoms with Gasteiger partial charge in [0.25, 0.3) is 0 Å². The number of nitrogens with zero attached hydrogens (tertiary/aromatic N) is 1. The third-order valence-electron chi connectivity index (χ3n) is 7.49. The summed E-state index contributed by atoms with van der Waals surface area (Å²) in [4.78, 5) is 40.1. The number of benzene rings is 3. The van der Waals surface area contributed by atoms with Gasteiger partial charge in [-0.1, -0.05) is 42.5 Å². The largest absolute Gasteiger partial charge is 0.448 e. The normalized spacial score (nSPS) is 15.5. The Morgan fingerprint density at radius 1 is 1.11 bits per heavy atom. The quantitative estimate of drug-likeness (QED) is 0.192. The first-order valence-corrected chi connectivity index (χ1v) is 14.7. The molecule has 0 saturated heterocycles. The first-order chi connectivity index (χ1) is 21.5. The number of urea groups is 1. The first-order valence-electron chi connectivity index (χ1n) is 14.7. The van der Waals surface area contributed by atoms with Crippen molar-refractivity contribution >= 4 is 29.4 Å². The molecule has 2 atom stereocenters. The second-order valence-corrected chi connectivity index (χ2v) is 11.6. The van der Waals surface area contributed by atoms with E-state index in [0.29, 0.717) is 23.4 Å². The van der Waals surface area contributed by atoms with E-state index < -0.39 is 36.2 Å². The van der Waals surface area contributed by atoms with E-state index >= 15 is 0 Å². The lowest BCUT2D eigenvalue weighted by Crippen LogP contribution is -2.51. The standard InChI is InChI=1S/C33H40FN5O6/c1-33(2,36-17-25(41)19-40)20-45-32(44)38-28-14-12-23-16-24(34)13-15-29(23)39(30(28)42)18-21-8-10-22(11-9-21)26-6-4-5-7-27(26)37-31(43)35-3/h4-11,13,15-16,25,28,36,40-41H,12,14,17-20H2,1-3H3,(H,38,44)(H2,35,37,43)/t25-,28+/m0/s1. The van der Waals surface area contributed by atoms with E-state index in [-0.39, 0.29) is 38.1 Å². The smallest absolute Gasteiger partial charge is 0.407 e. The van der Waals surface area contributed by atoms with Gasteiger partial charge in [-0.3, -0.25) is 4.79 Å². The molecule has 4 rings (SSSR count). The van der Waals surface area contributed by atoms with Crippen molar-refractivity contribution in [1.82, 2.24) is 16.0 Å². The molecule has 0 radical (unpaired) electrons. The van der Waals surface area contributed by atoms with E-state index in [1.807, 2.05) is 48.5 Å². The molecule has 1 aliphatic heterocycles. The van der Waals surface area contributed by atoms with Gasteiger partial charge in [0.1, 0.15) is 18.5 Å². The summed E-state index contributed by atoms with van der Waals surface area (Å²) in [6, 6.07) is 18.0. The zero-order valence-electron chi connectivity index (χ0n) is 25.6. The van der Waals surface area contributed by atoms with E-state index in [0.717, 1.165) is 16.7 Å². The molecule has 45 heavy (non-hydrogen) atoms. The number of fused-ring (bicyclic) bond motifs is 1. The van der Waals surface area contributed by atoms with Crippen LogP contribution in [0.5, 0.6) is 0 Å². The monoisotopic (exact) mass is 621 g/mol. The number of anilines is 2. The van der Waals surface area contributed by atoms with Crippen LogP contribution in [0.25, 0.3) is 11.1 Å². The number of carbonyl (C=O) groups excluding carboxylic acids is 3. The third-order valence-corrected chi connectivity index (χ3v) is 7.49. The van der Waals surface area contributed by atoms with Crippen LogP contribution in [-0.4, -0.2) is 72.7 Å². The molecular weight excluding hydrogens is 581 g/mol. The Morgan fingerprint density at radius 2 is 1.84 bits per heavy atom. The molecule has 0 saturated carbocycles. The Morgan fingerprint density at radius 3 is 2.56 bits per heavy atom. The van der Waals surface area contributed by atoms with Crippen molar-refractivity contribution in [2.24, 2.45) is 0 Å². The molecule has 12 heteroatoms. The molecule has 1 aliphatic rings. The van der Waals surface area contributed by atoms with Crippen LogP contribution >= 0.6 is 0 Å². The Balaban J connectivity index is 1.50. The van der Waals surface area contributed by atoms with E-state index in [9.17, 15) is 23.9 Å². The number of carbonyl (C=O) groups is 3. The number of halogens is 1. The number of aliphatic hydroxyl groups excluding tert-OH is 2. The lowest BCUT2D eigenvalue weighted by molar-refractivity contribution is -0.120. The summed E-state index contributed by atoms with van der Waals surface area (Å²) in [7, 11) is 1.54. The van der Waals surface area contributed by atoms with Crippen molar-refractivity contribution in [2.75, 3.05) is 37.0 Å². The fraction of sp³-hybridized carbons (Fsp3) is 0.364. The van der Waals surface area contributed by atoms with Crippen molar-refractivity contribution in [1.29, 1.82) is 0 Å². The molecule has 4 amide bonds. The van der Waals surface area contributed by atoms with Crippen molar-refractivity contribution in [3.8, 4) is 11.1 Å². The van der Waals surface area contributed by atoms with Gasteiger partial charge >= 0.3 is 12.1 Å². The number of hydrogen-bond acceptors (Lipinski definition) is 7. The maximum absolute atomic E-state index is 14.2. The topological polar surface area (TPSA) is 152 Å². The summed E-state index contributed by atoms with van der Waals surface area (Å²) < 4.78 is 19.6. The minimum atomic E-state index is -0.947. The highest BCUT2D eigenvalue weighted by Gasteiger charge is 2.32. The Hall–Kier alpha value is -4.52. The second kappa shape index (κ2) is 15.0. The summed E-state index contributed by atoms with van der Waals surface area (Å²) in [5, 5.41) is 29.7. The minimum absolute atomic E-state index is 0.0544. The fourth-order valence-electron chi connectivity index (χ4n) is 4.99. The van der Waals surface area contributed by atoms with Crippen LogP contribution < -0.4 is 26.2 Å². The first kappa shape index (κ1) is 33.4. The van der Waals surface area contributed by atoms with Crippen LogP contribution in [0.1, 0.15) is 31.4 Å². The van der Waals surface area contributed by atoms with Gasteiger partial charge in [-0.15, -0.1) is 0 Å². The van der Waals surface area contributed by atoms with Crippen LogP contribution in [-0.2, 0) is 22.5 Å². The van der Waals surface area contributed by atoms with Crippen LogP contribution in [0.3, 0.4) is 0 Å². The molecule has 240 valence electrons. The number of ether oxygens (including phenoxy) is 1. The molecule has 6 N–H and O–H groups in total. The highest BCUT2D eigenvalue weighted by atomic mass is 19.1. The number of rotatable bonds is 11. The van der Waals surface area contributed by atoms with Crippen LogP contribution in [0.15, 0.2) is 66.7 Å². The van der Waals surface area contributed by atoms with Crippen molar-refractivity contribution in [3.05, 3.63) is 83.7 Å². The zero-order chi connectivity index (χ0) is 32.6. The second-order valence-electron chi connectivity index (χ2n) is 11.6. The highest BCUT2D eigenvalue weighted by molar-refractivity contribution is 6.00. The molecule has 1 heterocycles. The average Bonchev–Trinajstić information content (AvgIpc) is 3.15. The van der Waals surface area contributed by atoms with Gasteiger partial charge in [0.05, 0.1) is 24.9 Å². The van der Waals surface area contributed by atoms with Crippen molar-refractivity contribution in [2.45, 2.75) is 50.9 Å². The molecule has 11 nitrogen and oxygen atoms in total. The molecule has 0 aliphatic carbocycles. The lowest BCUT2D eigenvalue weighted by atomic mass is 10.0. The van der Waals surface area contributed by atoms with E-state index in [1.165, 1.54) is 12.1 Å². The fourth-order valence-corrected chi connectivity index (χ4v) is 4.99. The number of alkyl carbamates (subject to hydrolysis) is 1. The van der Waals surface area contributed by atoms with Crippen LogP contribution in [0.4, 0.5) is 25.4 Å². The summed E-state index contributed by atoms with van der Waals surface area (Å²) in [6.45, 7) is 3.38. The Kier molecular flexibility index (Phi) is 11.1. The van der Waals surface area contributed by atoms with Gasteiger partial charge in [-0.25, -0.2) is 14.0 Å². The van der Waals surface area contributed by atoms with Gasteiger partial charge in [-0.2, -0.15) is 0 Å². The number of nitrogens with one attached hydrogen (secondary N) is 4. The molecule has 0 spiro atoms. The number of aryl methyl sites for hydroxylation is 1. The Labute approximate surface area is 261 Å². The molecule has 0 unspecified atom stereocenters. The summed E-state index contributed by atoms with van der Waals surface area (Å²) in [5.74, 6) is -0.772. The highest BCUT2D eigenvalue weighted by Crippen LogP contribution is 2.31. The third kappa shape index (κ3) is 9.00. The molecule has 0 bridgehead atoms. The number of β-amino-alcohol motifs (C(OH)–C–C–N with tert-alkyl or cyclic N) is 1. The van der Waals surface area contributed by atoms with Crippen molar-refractivity contribution < 1.29 is 33.7 Å². The van der Waals surface area contributed by atoms with Gasteiger partial charge in [0.15, 0.2) is 0 Å². The van der Waals surface area contributed by atoms with E-state index in [1.54, 1.807) is 31.9 Å². The predicted molar refractivity (Wildman–Crippen MR) is 169 cm³/mol. The van der Waals surface area contributed by atoms with Gasteiger partial charge < -0.3 is 41.1 Å². The summed E-state index contributed by atoms with van der Waals surface area (Å²) in [5.41, 5.74) is 3.65. The maximum atomic E-state index is 14.2. The molecule has 3 aromatic rings. The van der Waals surface area contributed by atoms with E-state index in [4.69, 9.17) is 9.84 Å². The summed E-state index contributed by atoms with van der Waals surface area (Å²) >= 11 is 0. The molecule has 3 aromatic carbocycles.